The zero-order valence-corrected chi connectivity index (χ0v) is 7.19. The van der Waals surface area contributed by atoms with Gasteiger partial charge in [-0.1, -0.05) is 12.1 Å². The van der Waals surface area contributed by atoms with Crippen LogP contribution in [0.3, 0.4) is 0 Å². The van der Waals surface area contributed by atoms with Gasteiger partial charge in [0.1, 0.15) is 0 Å². The van der Waals surface area contributed by atoms with Crippen molar-refractivity contribution in [1.29, 1.82) is 0 Å². The molecule has 4 nitrogen and oxygen atoms in total. The van der Waals surface area contributed by atoms with E-state index >= 15 is 0 Å². The maximum Gasteiger partial charge on any atom is 0.248 e. The largest absolute Gasteiger partial charge is 0.366 e. The first-order valence-electron chi connectivity index (χ1n) is 3.73. The summed E-state index contributed by atoms with van der Waals surface area (Å²) in [5.74, 6) is -0.551. The lowest BCUT2D eigenvalue weighted by molar-refractivity contribution is -0.123. The molecule has 1 rings (SSSR count). The minimum absolute atomic E-state index is 0.315. The van der Waals surface area contributed by atoms with E-state index in [4.69, 9.17) is 5.73 Å². The van der Waals surface area contributed by atoms with Gasteiger partial charge in [0.15, 0.2) is 0 Å². The van der Waals surface area contributed by atoms with Crippen LogP contribution in [0.5, 0.6) is 0 Å². The van der Waals surface area contributed by atoms with Crippen LogP contribution in [0.25, 0.3) is 0 Å². The van der Waals surface area contributed by atoms with E-state index in [1.54, 1.807) is 18.2 Å². The summed E-state index contributed by atoms with van der Waals surface area (Å²) < 4.78 is 4.56. The normalized spacial score (nSPS) is 12.5. The maximum atomic E-state index is 11.1. The molecular weight excluding hydrogens is 170 g/mol. The van der Waals surface area contributed by atoms with Gasteiger partial charge in [-0.15, -0.1) is 0 Å². The van der Waals surface area contributed by atoms with Gasteiger partial charge in [-0.05, 0) is 12.1 Å². The minimum atomic E-state index is -1.26. The average Bonchev–Trinajstić information content (AvgIpc) is 2.17. The second-order valence-corrected chi connectivity index (χ2v) is 2.56. The molecule has 1 unspecified atom stereocenters. The first-order valence-corrected chi connectivity index (χ1v) is 3.73. The third kappa shape index (κ3) is 2.27. The first-order chi connectivity index (χ1) is 6.15. The van der Waals surface area contributed by atoms with Crippen molar-refractivity contribution in [2.45, 2.75) is 6.29 Å². The number of ether oxygens (including phenoxy) is 1. The Morgan fingerprint density at radius 1 is 1.54 bits per heavy atom. The zero-order valence-electron chi connectivity index (χ0n) is 7.19. The van der Waals surface area contributed by atoms with Crippen LogP contribution in [-0.4, -0.2) is 13.0 Å². The van der Waals surface area contributed by atoms with Crippen LogP contribution in [0, 0.1) is 0 Å². The second kappa shape index (κ2) is 4.02. The lowest BCUT2D eigenvalue weighted by atomic mass is 10.1. The summed E-state index contributed by atoms with van der Waals surface area (Å²) in [5, 5.41) is 11.1. The number of carbonyl (C=O) groups is 1. The molecule has 0 bridgehead atoms. The lowest BCUT2D eigenvalue weighted by Gasteiger charge is -2.06. The molecule has 0 saturated carbocycles. The van der Waals surface area contributed by atoms with E-state index in [9.17, 15) is 9.90 Å². The molecule has 0 aliphatic carbocycles. The van der Waals surface area contributed by atoms with Crippen molar-refractivity contribution in [1.82, 2.24) is 0 Å². The van der Waals surface area contributed by atoms with Gasteiger partial charge in [0.2, 0.25) is 12.2 Å². The third-order valence-corrected chi connectivity index (χ3v) is 1.66. The molecule has 0 heterocycles. The van der Waals surface area contributed by atoms with Crippen LogP contribution in [0.1, 0.15) is 22.2 Å². The summed E-state index contributed by atoms with van der Waals surface area (Å²) in [7, 11) is 1.31. The SMILES string of the molecule is COC([O])c1cccc(C(N)=O)c1. The molecule has 0 fully saturated rings. The van der Waals surface area contributed by atoms with Crippen LogP contribution in [-0.2, 0) is 9.84 Å². The van der Waals surface area contributed by atoms with Crippen molar-refractivity contribution in [3.8, 4) is 0 Å². The van der Waals surface area contributed by atoms with E-state index in [0.717, 1.165) is 0 Å². The fraction of sp³-hybridized carbons (Fsp3) is 0.222. The Morgan fingerprint density at radius 2 is 2.23 bits per heavy atom. The summed E-state index contributed by atoms with van der Waals surface area (Å²) >= 11 is 0. The van der Waals surface area contributed by atoms with Gasteiger partial charge in [0.25, 0.3) is 0 Å². The standard InChI is InChI=1S/C9H10NO3/c1-13-9(12)7-4-2-3-6(5-7)8(10)11/h2-5,9H,1H3,(H2,10,11). The van der Waals surface area contributed by atoms with Crippen molar-refractivity contribution in [2.75, 3.05) is 7.11 Å². The van der Waals surface area contributed by atoms with Gasteiger partial charge in [-0.2, -0.15) is 5.11 Å². The monoisotopic (exact) mass is 180 g/mol. The average molecular weight is 180 g/mol. The Bertz CT molecular complexity index is 311. The Morgan fingerprint density at radius 3 is 2.77 bits per heavy atom. The molecule has 4 heteroatoms. The predicted octanol–water partition coefficient (Wildman–Crippen LogP) is 0.861. The number of rotatable bonds is 3. The number of primary amides is 1. The number of hydrogen-bond acceptors (Lipinski definition) is 2. The van der Waals surface area contributed by atoms with Gasteiger partial charge < -0.3 is 10.5 Å². The van der Waals surface area contributed by atoms with E-state index in [2.05, 4.69) is 4.74 Å². The number of nitrogens with two attached hydrogens (primary N) is 1. The quantitative estimate of drug-likeness (QED) is 0.700. The van der Waals surface area contributed by atoms with Crippen LogP contribution in [0.15, 0.2) is 24.3 Å². The molecule has 1 atom stereocenters. The molecule has 0 aromatic heterocycles. The molecule has 0 spiro atoms. The Labute approximate surface area is 75.9 Å². The van der Waals surface area contributed by atoms with Gasteiger partial charge in [-0.25, -0.2) is 0 Å². The summed E-state index contributed by atoms with van der Waals surface area (Å²) in [6.07, 6.45) is -1.26. The van der Waals surface area contributed by atoms with E-state index in [-0.39, 0.29) is 0 Å². The van der Waals surface area contributed by atoms with Crippen LogP contribution in [0.2, 0.25) is 0 Å². The van der Waals surface area contributed by atoms with Gasteiger partial charge >= 0.3 is 0 Å². The Hall–Kier alpha value is -1.39. The predicted molar refractivity (Wildman–Crippen MR) is 45.4 cm³/mol. The lowest BCUT2D eigenvalue weighted by Crippen LogP contribution is -2.11. The molecule has 1 radical (unpaired) electrons. The van der Waals surface area contributed by atoms with Crippen molar-refractivity contribution < 1.29 is 14.6 Å². The number of hydrogen-bond donors (Lipinski definition) is 1. The van der Waals surface area contributed by atoms with E-state index < -0.39 is 12.2 Å². The summed E-state index contributed by atoms with van der Waals surface area (Å²) in [5.41, 5.74) is 5.76. The molecule has 0 aliphatic heterocycles. The van der Waals surface area contributed by atoms with Crippen LogP contribution >= 0.6 is 0 Å². The van der Waals surface area contributed by atoms with Crippen molar-refractivity contribution in [3.63, 3.8) is 0 Å². The molecule has 0 saturated heterocycles. The number of methoxy groups -OCH3 is 1. The van der Waals surface area contributed by atoms with Gasteiger partial charge in [0.05, 0.1) is 0 Å². The smallest absolute Gasteiger partial charge is 0.248 e. The third-order valence-electron chi connectivity index (χ3n) is 1.66. The summed E-state index contributed by atoms with van der Waals surface area (Å²) in [4.78, 5) is 10.7. The van der Waals surface area contributed by atoms with Crippen LogP contribution < -0.4 is 5.73 Å². The van der Waals surface area contributed by atoms with Gasteiger partial charge in [0, 0.05) is 18.2 Å². The Balaban J connectivity index is 2.98. The summed E-state index contributed by atoms with van der Waals surface area (Å²) in [6.45, 7) is 0. The fourth-order valence-electron chi connectivity index (χ4n) is 0.975. The summed E-state index contributed by atoms with van der Waals surface area (Å²) in [6, 6.07) is 6.17. The maximum absolute atomic E-state index is 11.1. The fourth-order valence-corrected chi connectivity index (χ4v) is 0.975. The molecule has 1 amide bonds. The second-order valence-electron chi connectivity index (χ2n) is 2.56. The van der Waals surface area contributed by atoms with E-state index in [1.807, 2.05) is 0 Å². The van der Waals surface area contributed by atoms with Crippen molar-refractivity contribution >= 4 is 5.91 Å². The number of amides is 1. The molecular formula is C9H10NO3. The highest BCUT2D eigenvalue weighted by molar-refractivity contribution is 5.92. The Kier molecular flexibility index (Phi) is 3.00. The van der Waals surface area contributed by atoms with Crippen LogP contribution in [0.4, 0.5) is 0 Å². The highest BCUT2D eigenvalue weighted by atomic mass is 16.6. The minimum Gasteiger partial charge on any atom is -0.366 e. The van der Waals surface area contributed by atoms with Crippen molar-refractivity contribution in [2.24, 2.45) is 5.73 Å². The molecule has 2 N–H and O–H groups in total. The first kappa shape index (κ1) is 9.70. The van der Waals surface area contributed by atoms with E-state index in [0.29, 0.717) is 11.1 Å². The van der Waals surface area contributed by atoms with Crippen molar-refractivity contribution in [3.05, 3.63) is 35.4 Å². The molecule has 13 heavy (non-hydrogen) atoms. The molecule has 69 valence electrons. The molecule has 1 aromatic rings. The topological polar surface area (TPSA) is 72.2 Å². The highest BCUT2D eigenvalue weighted by Crippen LogP contribution is 2.14. The molecule has 0 aliphatic rings. The van der Waals surface area contributed by atoms with E-state index in [1.165, 1.54) is 13.2 Å². The van der Waals surface area contributed by atoms with Gasteiger partial charge in [-0.3, -0.25) is 4.79 Å². The number of benzene rings is 1. The highest BCUT2D eigenvalue weighted by Gasteiger charge is 2.09. The zero-order chi connectivity index (χ0) is 9.84. The molecule has 1 aromatic carbocycles. The number of carbonyl (C=O) groups excluding carboxylic acids is 1.